The molecule has 28 heavy (non-hydrogen) atoms. The van der Waals surface area contributed by atoms with Crippen molar-refractivity contribution in [3.8, 4) is 0 Å². The van der Waals surface area contributed by atoms with E-state index in [0.717, 1.165) is 22.6 Å². The summed E-state index contributed by atoms with van der Waals surface area (Å²) in [5, 5.41) is 3.99. The minimum atomic E-state index is -0.821. The highest BCUT2D eigenvalue weighted by molar-refractivity contribution is 8.01. The topological polar surface area (TPSA) is 69.7 Å². The summed E-state index contributed by atoms with van der Waals surface area (Å²) in [6.07, 6.45) is 1.95. The number of likely N-dealkylation sites (tertiary alicyclic amines) is 1. The summed E-state index contributed by atoms with van der Waals surface area (Å²) >= 11 is 2.86. The summed E-state index contributed by atoms with van der Waals surface area (Å²) in [6.45, 7) is 1.74. The fourth-order valence-corrected chi connectivity index (χ4v) is 5.27. The van der Waals surface area contributed by atoms with Crippen LogP contribution in [0.4, 0.5) is 5.69 Å². The Kier molecular flexibility index (Phi) is 5.68. The second-order valence-electron chi connectivity index (χ2n) is 6.78. The van der Waals surface area contributed by atoms with Gasteiger partial charge < -0.3 is 15.1 Å². The maximum absolute atomic E-state index is 13.1. The zero-order chi connectivity index (χ0) is 19.5. The molecule has 1 saturated heterocycles. The van der Waals surface area contributed by atoms with Crippen LogP contribution in [0.2, 0.25) is 0 Å². The predicted molar refractivity (Wildman–Crippen MR) is 110 cm³/mol. The summed E-state index contributed by atoms with van der Waals surface area (Å²) in [7, 11) is 0. The Labute approximate surface area is 171 Å². The Bertz CT molecular complexity index is 879. The number of nitrogens with zero attached hydrogens (tertiary/aromatic N) is 2. The molecule has 0 radical (unpaired) electrons. The van der Waals surface area contributed by atoms with Crippen LogP contribution < -0.4 is 10.2 Å². The normalized spacial score (nSPS) is 18.9. The van der Waals surface area contributed by atoms with Crippen molar-refractivity contribution in [2.24, 2.45) is 0 Å². The fraction of sp³-hybridized carbons (Fsp3) is 0.350. The largest absolute Gasteiger partial charge is 0.350 e. The van der Waals surface area contributed by atoms with Gasteiger partial charge in [0.1, 0.15) is 6.54 Å². The van der Waals surface area contributed by atoms with E-state index in [9.17, 15) is 14.4 Å². The van der Waals surface area contributed by atoms with E-state index >= 15 is 0 Å². The molecule has 2 aliphatic heterocycles. The van der Waals surface area contributed by atoms with Crippen LogP contribution in [0.1, 0.15) is 17.7 Å². The number of anilines is 1. The number of rotatable bonds is 5. The van der Waals surface area contributed by atoms with E-state index in [2.05, 4.69) is 5.32 Å². The third kappa shape index (κ3) is 3.93. The quantitative estimate of drug-likeness (QED) is 0.762. The van der Waals surface area contributed by atoms with Crippen LogP contribution in [0.3, 0.4) is 0 Å². The van der Waals surface area contributed by atoms with Crippen LogP contribution in [-0.4, -0.2) is 47.5 Å². The number of hydrogen-bond donors (Lipinski definition) is 1. The Morgan fingerprint density at radius 1 is 1.11 bits per heavy atom. The number of thiophene rings is 1. The van der Waals surface area contributed by atoms with E-state index in [1.807, 2.05) is 41.8 Å². The van der Waals surface area contributed by atoms with Crippen LogP contribution in [0.25, 0.3) is 0 Å². The molecule has 1 aromatic heterocycles. The van der Waals surface area contributed by atoms with Gasteiger partial charge >= 0.3 is 0 Å². The first-order valence-corrected chi connectivity index (χ1v) is 11.0. The number of nitrogens with one attached hydrogen (secondary N) is 1. The molecule has 1 fully saturated rings. The highest BCUT2D eigenvalue weighted by Crippen LogP contribution is 2.39. The average Bonchev–Trinajstić information content (AvgIpc) is 3.42. The summed E-state index contributed by atoms with van der Waals surface area (Å²) < 4.78 is 0. The Balaban J connectivity index is 1.51. The summed E-state index contributed by atoms with van der Waals surface area (Å²) in [5.41, 5.74) is 0.689. The number of carbonyl (C=O) groups is 3. The van der Waals surface area contributed by atoms with Crippen LogP contribution in [-0.2, 0) is 20.9 Å². The highest BCUT2D eigenvalue weighted by atomic mass is 32.2. The number of hydrogen-bond acceptors (Lipinski definition) is 5. The minimum absolute atomic E-state index is 0.0917. The Morgan fingerprint density at radius 3 is 2.64 bits per heavy atom. The summed E-state index contributed by atoms with van der Waals surface area (Å²) in [4.78, 5) is 43.6. The van der Waals surface area contributed by atoms with Gasteiger partial charge in [0.2, 0.25) is 11.8 Å². The SMILES string of the molecule is O=C(CN1C(=O)[C@H](C(=O)N2CCCC2)Sc2ccccc21)NCc1cccs1. The number of thioether (sulfide) groups is 1. The second kappa shape index (κ2) is 8.36. The van der Waals surface area contributed by atoms with Crippen molar-refractivity contribution in [1.29, 1.82) is 0 Å². The molecular weight excluding hydrogens is 394 g/mol. The van der Waals surface area contributed by atoms with Gasteiger partial charge in [-0.05, 0) is 36.4 Å². The third-order valence-electron chi connectivity index (χ3n) is 4.87. The van der Waals surface area contributed by atoms with Gasteiger partial charge in [-0.3, -0.25) is 14.4 Å². The van der Waals surface area contributed by atoms with Crippen molar-refractivity contribution < 1.29 is 14.4 Å². The van der Waals surface area contributed by atoms with Gasteiger partial charge in [-0.1, -0.05) is 18.2 Å². The van der Waals surface area contributed by atoms with Gasteiger partial charge in [-0.2, -0.15) is 0 Å². The molecule has 3 amide bonds. The summed E-state index contributed by atoms with van der Waals surface area (Å²) in [6, 6.07) is 11.3. The van der Waals surface area contributed by atoms with Crippen LogP contribution >= 0.6 is 23.1 Å². The Morgan fingerprint density at radius 2 is 1.89 bits per heavy atom. The van der Waals surface area contributed by atoms with Crippen molar-refractivity contribution >= 4 is 46.5 Å². The molecule has 1 atom stereocenters. The highest BCUT2D eigenvalue weighted by Gasteiger charge is 2.41. The van der Waals surface area contributed by atoms with Crippen molar-refractivity contribution in [2.75, 3.05) is 24.5 Å². The van der Waals surface area contributed by atoms with E-state index in [1.165, 1.54) is 16.7 Å². The molecular formula is C20H21N3O3S2. The van der Waals surface area contributed by atoms with Crippen LogP contribution in [0.15, 0.2) is 46.7 Å². The first-order chi connectivity index (χ1) is 13.6. The molecule has 6 nitrogen and oxygen atoms in total. The van der Waals surface area contributed by atoms with Gasteiger partial charge in [0, 0.05) is 22.9 Å². The van der Waals surface area contributed by atoms with Crippen LogP contribution in [0, 0.1) is 0 Å². The smallest absolute Gasteiger partial charge is 0.250 e. The standard InChI is InChI=1S/C20H21N3O3S2/c24-17(21-12-14-6-5-11-27-14)13-23-15-7-1-2-8-16(15)28-18(20(23)26)19(25)22-9-3-4-10-22/h1-2,5-8,11,18H,3-4,9-10,12-13H2,(H,21,24)/t18-/m0/s1. The number of benzene rings is 1. The van der Waals surface area contributed by atoms with Gasteiger partial charge in [0.25, 0.3) is 5.91 Å². The average molecular weight is 416 g/mol. The van der Waals surface area contributed by atoms with E-state index in [-0.39, 0.29) is 24.3 Å². The van der Waals surface area contributed by atoms with E-state index < -0.39 is 5.25 Å². The monoisotopic (exact) mass is 415 g/mol. The fourth-order valence-electron chi connectivity index (χ4n) is 3.44. The lowest BCUT2D eigenvalue weighted by molar-refractivity contribution is -0.134. The summed E-state index contributed by atoms with van der Waals surface area (Å²) in [5.74, 6) is -0.700. The maximum atomic E-state index is 13.1. The number of carbonyl (C=O) groups excluding carboxylic acids is 3. The molecule has 0 aliphatic carbocycles. The maximum Gasteiger partial charge on any atom is 0.250 e. The van der Waals surface area contributed by atoms with Gasteiger partial charge in [-0.15, -0.1) is 23.1 Å². The first kappa shape index (κ1) is 19.0. The molecule has 3 heterocycles. The molecule has 1 aromatic carbocycles. The van der Waals surface area contributed by atoms with Crippen LogP contribution in [0.5, 0.6) is 0 Å². The van der Waals surface area contributed by atoms with Crippen molar-refractivity contribution in [3.05, 3.63) is 46.7 Å². The molecule has 0 spiro atoms. The molecule has 2 aliphatic rings. The lowest BCUT2D eigenvalue weighted by Gasteiger charge is -2.34. The van der Waals surface area contributed by atoms with Crippen molar-refractivity contribution in [3.63, 3.8) is 0 Å². The lowest BCUT2D eigenvalue weighted by Crippen LogP contribution is -2.51. The van der Waals surface area contributed by atoms with Gasteiger partial charge in [-0.25, -0.2) is 0 Å². The second-order valence-corrected chi connectivity index (χ2v) is 8.96. The van der Waals surface area contributed by atoms with Crippen molar-refractivity contribution in [1.82, 2.24) is 10.2 Å². The zero-order valence-electron chi connectivity index (χ0n) is 15.3. The molecule has 146 valence electrons. The van der Waals surface area contributed by atoms with Gasteiger partial charge in [0.05, 0.1) is 12.2 Å². The molecule has 0 unspecified atom stereocenters. The molecule has 1 N–H and O–H groups in total. The predicted octanol–water partition coefficient (Wildman–Crippen LogP) is 2.49. The molecule has 2 aromatic rings. The molecule has 8 heteroatoms. The lowest BCUT2D eigenvalue weighted by atomic mass is 10.2. The van der Waals surface area contributed by atoms with E-state index in [1.54, 1.807) is 16.2 Å². The van der Waals surface area contributed by atoms with E-state index in [4.69, 9.17) is 0 Å². The van der Waals surface area contributed by atoms with E-state index in [0.29, 0.717) is 25.3 Å². The van der Waals surface area contributed by atoms with Gasteiger partial charge in [0.15, 0.2) is 5.25 Å². The first-order valence-electron chi connectivity index (χ1n) is 9.28. The number of amides is 3. The molecule has 0 bridgehead atoms. The Hall–Kier alpha value is -2.32. The van der Waals surface area contributed by atoms with Crippen molar-refractivity contribution in [2.45, 2.75) is 29.5 Å². The number of para-hydroxylation sites is 1. The number of fused-ring (bicyclic) bond motifs is 1. The molecule has 4 rings (SSSR count). The molecule has 0 saturated carbocycles. The third-order valence-corrected chi connectivity index (χ3v) is 6.99. The minimum Gasteiger partial charge on any atom is -0.350 e. The zero-order valence-corrected chi connectivity index (χ0v) is 16.9.